The van der Waals surface area contributed by atoms with Crippen LogP contribution in [0.3, 0.4) is 0 Å². The van der Waals surface area contributed by atoms with Crippen LogP contribution in [0.25, 0.3) is 0 Å². The first-order valence-corrected chi connectivity index (χ1v) is 7.86. The summed E-state index contributed by atoms with van der Waals surface area (Å²) in [7, 11) is 2.02. The van der Waals surface area contributed by atoms with Crippen LogP contribution >= 0.6 is 11.3 Å². The van der Waals surface area contributed by atoms with Gasteiger partial charge < -0.3 is 9.88 Å². The molecule has 2 heterocycles. The van der Waals surface area contributed by atoms with Crippen LogP contribution < -0.4 is 5.32 Å². The first-order valence-electron chi connectivity index (χ1n) is 7.04. The Morgan fingerprint density at radius 3 is 3.05 bits per heavy atom. The molecular formula is C14H18N4S. The zero-order valence-corrected chi connectivity index (χ0v) is 11.9. The minimum absolute atomic E-state index is 0.193. The average molecular weight is 274 g/mol. The second-order valence-electron chi connectivity index (χ2n) is 5.45. The van der Waals surface area contributed by atoms with E-state index in [9.17, 15) is 0 Å². The molecule has 0 aromatic carbocycles. The Bertz CT molecular complexity index is 575. The molecule has 0 radical (unpaired) electrons. The summed E-state index contributed by atoms with van der Waals surface area (Å²) < 4.78 is 2.33. The highest BCUT2D eigenvalue weighted by molar-refractivity contribution is 7.11. The standard InChI is InChI=1S/C14H18N4S/c1-15-13(11-7-16-8-18(11)9-5-6-9)14-17-10-3-2-4-12(10)19-14/h7-9,13,15H,2-6H2,1H3. The number of thiazole rings is 1. The maximum absolute atomic E-state index is 4.85. The SMILES string of the molecule is CNC(c1nc2c(s1)CCC2)c1cncn1C1CC1. The molecule has 1 atom stereocenters. The van der Waals surface area contributed by atoms with Crippen molar-refractivity contribution >= 4 is 11.3 Å². The molecule has 4 rings (SSSR count). The highest BCUT2D eigenvalue weighted by atomic mass is 32.1. The van der Waals surface area contributed by atoms with Gasteiger partial charge in [0.1, 0.15) is 11.0 Å². The molecule has 1 N–H and O–H groups in total. The predicted molar refractivity (Wildman–Crippen MR) is 75.5 cm³/mol. The quantitative estimate of drug-likeness (QED) is 0.931. The van der Waals surface area contributed by atoms with Crippen molar-refractivity contribution < 1.29 is 0 Å². The van der Waals surface area contributed by atoms with Gasteiger partial charge in [-0.25, -0.2) is 9.97 Å². The van der Waals surface area contributed by atoms with E-state index in [0.29, 0.717) is 6.04 Å². The summed E-state index contributed by atoms with van der Waals surface area (Å²) in [5.41, 5.74) is 2.59. The lowest BCUT2D eigenvalue weighted by atomic mass is 10.2. The normalized spacial score (nSPS) is 19.6. The molecule has 100 valence electrons. The summed E-state index contributed by atoms with van der Waals surface area (Å²) in [5.74, 6) is 0. The first-order chi connectivity index (χ1) is 9.36. The van der Waals surface area contributed by atoms with E-state index in [1.165, 1.54) is 47.0 Å². The van der Waals surface area contributed by atoms with Gasteiger partial charge in [0, 0.05) is 10.9 Å². The van der Waals surface area contributed by atoms with Crippen molar-refractivity contribution in [3.63, 3.8) is 0 Å². The van der Waals surface area contributed by atoms with Gasteiger partial charge in [-0.3, -0.25) is 0 Å². The monoisotopic (exact) mass is 274 g/mol. The van der Waals surface area contributed by atoms with Crippen molar-refractivity contribution in [3.05, 3.63) is 33.8 Å². The summed E-state index contributed by atoms with van der Waals surface area (Å²) in [6.45, 7) is 0. The maximum Gasteiger partial charge on any atom is 0.116 e. The van der Waals surface area contributed by atoms with E-state index in [4.69, 9.17) is 4.98 Å². The van der Waals surface area contributed by atoms with Gasteiger partial charge in [0.05, 0.1) is 23.9 Å². The summed E-state index contributed by atoms with van der Waals surface area (Å²) in [4.78, 5) is 10.7. The molecule has 0 aliphatic heterocycles. The molecule has 19 heavy (non-hydrogen) atoms. The lowest BCUT2D eigenvalue weighted by Gasteiger charge is -2.16. The van der Waals surface area contributed by atoms with Crippen LogP contribution in [0.1, 0.15) is 52.6 Å². The molecule has 5 heteroatoms. The van der Waals surface area contributed by atoms with Gasteiger partial charge in [-0.05, 0) is 39.2 Å². The molecule has 1 unspecified atom stereocenters. The third kappa shape index (κ3) is 1.92. The molecule has 2 aromatic rings. The van der Waals surface area contributed by atoms with Gasteiger partial charge >= 0.3 is 0 Å². The second-order valence-corrected chi connectivity index (χ2v) is 6.57. The molecular weight excluding hydrogens is 256 g/mol. The van der Waals surface area contributed by atoms with Crippen molar-refractivity contribution in [3.8, 4) is 0 Å². The predicted octanol–water partition coefficient (Wildman–Crippen LogP) is 2.47. The molecule has 1 saturated carbocycles. The number of aryl methyl sites for hydroxylation is 2. The Labute approximate surface area is 116 Å². The van der Waals surface area contributed by atoms with Gasteiger partial charge in [-0.2, -0.15) is 0 Å². The molecule has 1 fully saturated rings. The van der Waals surface area contributed by atoms with E-state index in [1.54, 1.807) is 0 Å². The smallest absolute Gasteiger partial charge is 0.116 e. The molecule has 0 bridgehead atoms. The molecule has 4 nitrogen and oxygen atoms in total. The number of hydrogen-bond acceptors (Lipinski definition) is 4. The van der Waals surface area contributed by atoms with E-state index < -0.39 is 0 Å². The van der Waals surface area contributed by atoms with Crippen LogP contribution in [-0.2, 0) is 12.8 Å². The molecule has 2 aromatic heterocycles. The lowest BCUT2D eigenvalue weighted by molar-refractivity contribution is 0.597. The third-order valence-corrected chi connectivity index (χ3v) is 5.30. The van der Waals surface area contributed by atoms with Crippen molar-refractivity contribution in [2.75, 3.05) is 7.05 Å². The van der Waals surface area contributed by atoms with Crippen LogP contribution in [-0.4, -0.2) is 21.6 Å². The van der Waals surface area contributed by atoms with Crippen LogP contribution in [0.15, 0.2) is 12.5 Å². The summed E-state index contributed by atoms with van der Waals surface area (Å²) >= 11 is 1.88. The average Bonchev–Trinajstić information content (AvgIpc) is 2.84. The molecule has 0 saturated heterocycles. The number of nitrogens with zero attached hydrogens (tertiary/aromatic N) is 3. The number of imidazole rings is 1. The van der Waals surface area contributed by atoms with Gasteiger partial charge in [-0.1, -0.05) is 0 Å². The maximum atomic E-state index is 4.85. The Hall–Kier alpha value is -1.20. The number of aromatic nitrogens is 3. The molecule has 0 amide bonds. The largest absolute Gasteiger partial charge is 0.330 e. The fourth-order valence-electron chi connectivity index (χ4n) is 2.93. The van der Waals surface area contributed by atoms with Crippen molar-refractivity contribution in [2.45, 2.75) is 44.2 Å². The van der Waals surface area contributed by atoms with Crippen LogP contribution in [0.4, 0.5) is 0 Å². The van der Waals surface area contributed by atoms with E-state index in [-0.39, 0.29) is 6.04 Å². The highest BCUT2D eigenvalue weighted by Crippen LogP contribution is 2.39. The zero-order valence-electron chi connectivity index (χ0n) is 11.1. The van der Waals surface area contributed by atoms with Gasteiger partial charge in [0.25, 0.3) is 0 Å². The minimum atomic E-state index is 0.193. The minimum Gasteiger partial charge on any atom is -0.330 e. The van der Waals surface area contributed by atoms with E-state index in [0.717, 1.165) is 6.42 Å². The number of fused-ring (bicyclic) bond motifs is 1. The number of nitrogens with one attached hydrogen (secondary N) is 1. The van der Waals surface area contributed by atoms with Crippen LogP contribution in [0, 0.1) is 0 Å². The van der Waals surface area contributed by atoms with Crippen molar-refractivity contribution in [2.24, 2.45) is 0 Å². The Kier molecular flexibility index (Phi) is 2.70. The fraction of sp³-hybridized carbons (Fsp3) is 0.571. The third-order valence-electron chi connectivity index (χ3n) is 4.08. The Balaban J connectivity index is 1.71. The van der Waals surface area contributed by atoms with Crippen LogP contribution in [0.5, 0.6) is 0 Å². The summed E-state index contributed by atoms with van der Waals surface area (Å²) in [6, 6.07) is 0.860. The second kappa shape index (κ2) is 4.42. The highest BCUT2D eigenvalue weighted by Gasteiger charge is 2.30. The molecule has 2 aliphatic rings. The first kappa shape index (κ1) is 11.6. The number of rotatable bonds is 4. The fourth-order valence-corrected chi connectivity index (χ4v) is 4.20. The topological polar surface area (TPSA) is 42.7 Å². The molecule has 0 spiro atoms. The number of hydrogen-bond donors (Lipinski definition) is 1. The van der Waals surface area contributed by atoms with Gasteiger partial charge in [0.2, 0.25) is 0 Å². The van der Waals surface area contributed by atoms with Gasteiger partial charge in [0.15, 0.2) is 0 Å². The van der Waals surface area contributed by atoms with E-state index >= 15 is 0 Å². The Morgan fingerprint density at radius 1 is 1.42 bits per heavy atom. The van der Waals surface area contributed by atoms with E-state index in [1.807, 2.05) is 30.9 Å². The van der Waals surface area contributed by atoms with Crippen molar-refractivity contribution in [1.82, 2.24) is 19.9 Å². The molecule has 2 aliphatic carbocycles. The zero-order chi connectivity index (χ0) is 12.8. The van der Waals surface area contributed by atoms with Crippen LogP contribution in [0.2, 0.25) is 0 Å². The van der Waals surface area contributed by atoms with E-state index in [2.05, 4.69) is 14.9 Å². The Morgan fingerprint density at radius 2 is 2.32 bits per heavy atom. The lowest BCUT2D eigenvalue weighted by Crippen LogP contribution is -2.20. The van der Waals surface area contributed by atoms with Crippen molar-refractivity contribution in [1.29, 1.82) is 0 Å². The van der Waals surface area contributed by atoms with Gasteiger partial charge in [-0.15, -0.1) is 11.3 Å². The summed E-state index contributed by atoms with van der Waals surface area (Å²) in [5, 5.41) is 4.62. The summed E-state index contributed by atoms with van der Waals surface area (Å²) in [6.07, 6.45) is 10.2.